The maximum absolute atomic E-state index is 12.4. The van der Waals surface area contributed by atoms with Crippen molar-refractivity contribution in [1.29, 1.82) is 0 Å². The number of amides is 1. The third-order valence-electron chi connectivity index (χ3n) is 4.47. The Bertz CT molecular complexity index is 1050. The first kappa shape index (κ1) is 19.4. The van der Waals surface area contributed by atoms with Crippen molar-refractivity contribution in [1.82, 2.24) is 4.98 Å². The van der Waals surface area contributed by atoms with Gasteiger partial charge >= 0.3 is 0 Å². The number of hydrogen-bond donors (Lipinski definition) is 1. The minimum atomic E-state index is -0.0603. The molecule has 0 atom stereocenters. The molecular formula is C24H19IN2O2. The van der Waals surface area contributed by atoms with Crippen LogP contribution in [0.2, 0.25) is 0 Å². The number of aryl methyl sites for hydroxylation is 1. The summed E-state index contributed by atoms with van der Waals surface area (Å²) in [7, 11) is 0. The van der Waals surface area contributed by atoms with E-state index in [1.165, 1.54) is 0 Å². The van der Waals surface area contributed by atoms with Crippen molar-refractivity contribution < 1.29 is 9.21 Å². The topological polar surface area (TPSA) is 55.1 Å². The van der Waals surface area contributed by atoms with Gasteiger partial charge in [-0.05, 0) is 34.7 Å². The number of nitrogens with one attached hydrogen (secondary N) is 1. The molecule has 0 unspecified atom stereocenters. The van der Waals surface area contributed by atoms with Crippen molar-refractivity contribution in [2.24, 2.45) is 0 Å². The van der Waals surface area contributed by atoms with E-state index in [1.54, 1.807) is 0 Å². The molecule has 0 spiro atoms. The van der Waals surface area contributed by atoms with E-state index in [1.807, 2.05) is 84.9 Å². The van der Waals surface area contributed by atoms with E-state index < -0.39 is 0 Å². The number of halogens is 1. The summed E-state index contributed by atoms with van der Waals surface area (Å²) in [6.07, 6.45) is 0.732. The minimum Gasteiger partial charge on any atom is -0.440 e. The van der Waals surface area contributed by atoms with Gasteiger partial charge in [-0.3, -0.25) is 4.79 Å². The van der Waals surface area contributed by atoms with Crippen LogP contribution >= 0.6 is 22.6 Å². The number of para-hydroxylation sites is 1. The molecule has 0 fully saturated rings. The molecule has 29 heavy (non-hydrogen) atoms. The molecule has 0 radical (unpaired) electrons. The Labute approximate surface area is 183 Å². The van der Waals surface area contributed by atoms with Gasteiger partial charge in [0.15, 0.2) is 11.7 Å². The fourth-order valence-electron chi connectivity index (χ4n) is 3.04. The number of nitrogens with zero attached hydrogens (tertiary/aromatic N) is 1. The van der Waals surface area contributed by atoms with E-state index in [4.69, 9.17) is 9.40 Å². The Morgan fingerprint density at radius 1 is 0.862 bits per heavy atom. The molecule has 5 heteroatoms. The van der Waals surface area contributed by atoms with Crippen LogP contribution in [0, 0.1) is 3.57 Å². The zero-order chi connectivity index (χ0) is 20.1. The third-order valence-corrected chi connectivity index (χ3v) is 5.41. The summed E-state index contributed by atoms with van der Waals surface area (Å²) in [5.41, 5.74) is 3.57. The van der Waals surface area contributed by atoms with E-state index >= 15 is 0 Å². The molecule has 144 valence electrons. The second kappa shape index (κ2) is 9.05. The molecule has 3 aromatic carbocycles. The number of benzene rings is 3. The first-order valence-corrected chi connectivity index (χ1v) is 10.4. The Morgan fingerprint density at radius 3 is 2.17 bits per heavy atom. The summed E-state index contributed by atoms with van der Waals surface area (Å²) in [4.78, 5) is 17.1. The zero-order valence-electron chi connectivity index (χ0n) is 15.6. The maximum atomic E-state index is 12.4. The lowest BCUT2D eigenvalue weighted by Crippen LogP contribution is -2.13. The highest BCUT2D eigenvalue weighted by atomic mass is 127. The van der Waals surface area contributed by atoms with Gasteiger partial charge in [-0.15, -0.1) is 0 Å². The van der Waals surface area contributed by atoms with Gasteiger partial charge in [0.2, 0.25) is 5.91 Å². The lowest BCUT2D eigenvalue weighted by Gasteiger charge is -2.06. The van der Waals surface area contributed by atoms with Crippen molar-refractivity contribution in [3.05, 3.63) is 94.4 Å². The van der Waals surface area contributed by atoms with Crippen molar-refractivity contribution in [2.45, 2.75) is 12.8 Å². The van der Waals surface area contributed by atoms with Crippen molar-refractivity contribution in [3.63, 3.8) is 0 Å². The van der Waals surface area contributed by atoms with Gasteiger partial charge in [0, 0.05) is 27.5 Å². The van der Waals surface area contributed by atoms with Gasteiger partial charge in [-0.2, -0.15) is 0 Å². The highest BCUT2D eigenvalue weighted by molar-refractivity contribution is 14.1. The molecule has 1 amide bonds. The van der Waals surface area contributed by atoms with Crippen LogP contribution in [-0.2, 0) is 11.2 Å². The van der Waals surface area contributed by atoms with E-state index in [9.17, 15) is 4.79 Å². The van der Waals surface area contributed by atoms with Crippen LogP contribution in [0.25, 0.3) is 22.6 Å². The van der Waals surface area contributed by atoms with Gasteiger partial charge in [-0.1, -0.05) is 72.8 Å². The lowest BCUT2D eigenvalue weighted by molar-refractivity contribution is -0.116. The molecule has 4 rings (SSSR count). The van der Waals surface area contributed by atoms with Crippen LogP contribution in [0.4, 0.5) is 5.69 Å². The third kappa shape index (κ3) is 4.74. The predicted molar refractivity (Wildman–Crippen MR) is 123 cm³/mol. The lowest BCUT2D eigenvalue weighted by atomic mass is 10.1. The van der Waals surface area contributed by atoms with E-state index in [0.717, 1.165) is 31.8 Å². The van der Waals surface area contributed by atoms with Gasteiger partial charge in [-0.25, -0.2) is 4.98 Å². The van der Waals surface area contributed by atoms with Gasteiger partial charge in [0.05, 0.1) is 5.69 Å². The summed E-state index contributed by atoms with van der Waals surface area (Å²) in [6, 6.07) is 27.6. The van der Waals surface area contributed by atoms with Crippen LogP contribution in [0.1, 0.15) is 12.3 Å². The average Bonchev–Trinajstić information content (AvgIpc) is 3.20. The fourth-order valence-corrected chi connectivity index (χ4v) is 3.57. The molecule has 0 saturated heterocycles. The smallest absolute Gasteiger partial charge is 0.224 e. The summed E-state index contributed by atoms with van der Waals surface area (Å²) in [5.74, 6) is 1.22. The Kier molecular flexibility index (Phi) is 6.05. The molecule has 4 aromatic rings. The summed E-state index contributed by atoms with van der Waals surface area (Å²) >= 11 is 2.21. The first-order valence-electron chi connectivity index (χ1n) is 9.35. The summed E-state index contributed by atoms with van der Waals surface area (Å²) in [5, 5.41) is 2.95. The normalized spacial score (nSPS) is 10.7. The van der Waals surface area contributed by atoms with Gasteiger partial charge < -0.3 is 9.73 Å². The second-order valence-electron chi connectivity index (χ2n) is 6.55. The monoisotopic (exact) mass is 494 g/mol. The van der Waals surface area contributed by atoms with E-state index in [0.29, 0.717) is 18.7 Å². The molecule has 4 nitrogen and oxygen atoms in total. The first-order chi connectivity index (χ1) is 14.2. The van der Waals surface area contributed by atoms with Crippen molar-refractivity contribution in [2.75, 3.05) is 5.32 Å². The molecule has 1 N–H and O–H groups in total. The molecule has 0 aliphatic heterocycles. The van der Waals surface area contributed by atoms with E-state index in [-0.39, 0.29) is 5.91 Å². The predicted octanol–water partition coefficient (Wildman–Crippen LogP) is 6.18. The Morgan fingerprint density at radius 2 is 1.48 bits per heavy atom. The van der Waals surface area contributed by atoms with Crippen molar-refractivity contribution in [3.8, 4) is 22.6 Å². The number of carbonyl (C=O) groups excluding carboxylic acids is 1. The molecule has 1 heterocycles. The quantitative estimate of drug-likeness (QED) is 0.326. The van der Waals surface area contributed by atoms with Crippen LogP contribution < -0.4 is 5.32 Å². The van der Waals surface area contributed by atoms with E-state index in [2.05, 4.69) is 27.9 Å². The molecule has 0 bridgehead atoms. The number of carbonyl (C=O) groups is 1. The molecule has 0 saturated carbocycles. The molecule has 0 aliphatic rings. The fraction of sp³-hybridized carbons (Fsp3) is 0.0833. The molecule has 0 aliphatic carbocycles. The van der Waals surface area contributed by atoms with Crippen LogP contribution in [0.3, 0.4) is 0 Å². The number of oxazole rings is 1. The zero-order valence-corrected chi connectivity index (χ0v) is 17.8. The number of rotatable bonds is 6. The highest BCUT2D eigenvalue weighted by Gasteiger charge is 2.17. The molecular weight excluding hydrogens is 475 g/mol. The second-order valence-corrected chi connectivity index (χ2v) is 7.71. The van der Waals surface area contributed by atoms with Crippen LogP contribution in [0.15, 0.2) is 89.3 Å². The molecule has 1 aromatic heterocycles. The summed E-state index contributed by atoms with van der Waals surface area (Å²) in [6.45, 7) is 0. The number of hydrogen-bond acceptors (Lipinski definition) is 3. The highest BCUT2D eigenvalue weighted by Crippen LogP contribution is 2.32. The largest absolute Gasteiger partial charge is 0.440 e. The standard InChI is InChI=1S/C24H19IN2O2/c25-19-13-7-8-14-20(19)26-21(28)15-16-22-27-23(17-9-3-1-4-10-17)24(29-22)18-11-5-2-6-12-18/h1-14H,15-16H2,(H,26,28). The Balaban J connectivity index is 1.54. The summed E-state index contributed by atoms with van der Waals surface area (Å²) < 4.78 is 7.09. The van der Waals surface area contributed by atoms with Crippen LogP contribution in [0.5, 0.6) is 0 Å². The SMILES string of the molecule is O=C(CCc1nc(-c2ccccc2)c(-c2ccccc2)o1)Nc1ccccc1I. The average molecular weight is 494 g/mol. The number of anilines is 1. The number of aromatic nitrogens is 1. The van der Waals surface area contributed by atoms with Gasteiger partial charge in [0.25, 0.3) is 0 Å². The van der Waals surface area contributed by atoms with Gasteiger partial charge in [0.1, 0.15) is 5.69 Å². The maximum Gasteiger partial charge on any atom is 0.224 e. The minimum absolute atomic E-state index is 0.0603. The van der Waals surface area contributed by atoms with Crippen LogP contribution in [-0.4, -0.2) is 10.9 Å². The van der Waals surface area contributed by atoms with Crippen molar-refractivity contribution >= 4 is 34.2 Å². The Hall–Kier alpha value is -2.93.